The van der Waals surface area contributed by atoms with Gasteiger partial charge in [-0.15, -0.1) is 0 Å². The van der Waals surface area contributed by atoms with E-state index >= 15 is 0 Å². The second-order valence-corrected chi connectivity index (χ2v) is 15.5. The Hall–Kier alpha value is -1.99. The Morgan fingerprint density at radius 1 is 1.06 bits per heavy atom. The van der Waals surface area contributed by atoms with Gasteiger partial charge in [0.05, 0.1) is 20.3 Å². The first kappa shape index (κ1) is 24.6. The molecule has 32 heavy (non-hydrogen) atoms. The number of hydrogen-bond donors (Lipinski definition) is 0. The van der Waals surface area contributed by atoms with E-state index < -0.39 is 25.7 Å². The zero-order valence-corrected chi connectivity index (χ0v) is 21.6. The average Bonchev–Trinajstić information content (AvgIpc) is 3.27. The smallest absolute Gasteiger partial charge is 0.323 e. The number of hydrogen-bond acceptors (Lipinski definition) is 6. The molecule has 7 heteroatoms. The average molecular weight is 461 g/mol. The lowest BCUT2D eigenvalue weighted by Crippen LogP contribution is -2.42. The van der Waals surface area contributed by atoms with Crippen LogP contribution in [0.3, 0.4) is 0 Å². The fourth-order valence-electron chi connectivity index (χ4n) is 4.91. The molecule has 1 aromatic rings. The van der Waals surface area contributed by atoms with Crippen LogP contribution < -0.4 is 0 Å². The summed E-state index contributed by atoms with van der Waals surface area (Å²) in [5, 5.41) is 0.0533. The number of esters is 2. The standard InChI is InChI=1S/C25H36O6Si/c1-15(26)11-16-12-17-13-25(22(27)29-5,23(28)30-6)14-19(17)21-18(16)9-10-20(21)31-32(7,8)24(2,3)4/h12,20H,9-11,13-14H2,1-8H3. The maximum absolute atomic E-state index is 12.8. The number of fused-ring (bicyclic) bond motifs is 3. The highest BCUT2D eigenvalue weighted by Crippen LogP contribution is 2.50. The summed E-state index contributed by atoms with van der Waals surface area (Å²) >= 11 is 0. The van der Waals surface area contributed by atoms with Gasteiger partial charge < -0.3 is 13.9 Å². The van der Waals surface area contributed by atoms with Crippen molar-refractivity contribution >= 4 is 26.0 Å². The molecule has 0 fully saturated rings. The van der Waals surface area contributed by atoms with Crippen LogP contribution in [0.1, 0.15) is 68.0 Å². The van der Waals surface area contributed by atoms with E-state index in [0.29, 0.717) is 6.42 Å². The molecule has 1 aromatic carbocycles. The van der Waals surface area contributed by atoms with Gasteiger partial charge >= 0.3 is 11.9 Å². The summed E-state index contributed by atoms with van der Waals surface area (Å²) in [7, 11) is 0.529. The number of rotatable bonds is 6. The van der Waals surface area contributed by atoms with E-state index in [-0.39, 0.29) is 29.8 Å². The van der Waals surface area contributed by atoms with E-state index in [1.54, 1.807) is 6.92 Å². The number of Topliss-reactive ketones (excluding diaryl/α,β-unsaturated/α-hetero) is 1. The Kier molecular flexibility index (Phi) is 6.48. The largest absolute Gasteiger partial charge is 0.468 e. The number of carbonyl (C=O) groups excluding carboxylic acids is 3. The molecule has 1 atom stereocenters. The van der Waals surface area contributed by atoms with Crippen LogP contribution in [-0.4, -0.2) is 40.3 Å². The highest BCUT2D eigenvalue weighted by Gasteiger charge is 2.54. The lowest BCUT2D eigenvalue weighted by atomic mass is 9.84. The third-order valence-electron chi connectivity index (χ3n) is 7.56. The monoisotopic (exact) mass is 460 g/mol. The molecule has 0 saturated heterocycles. The van der Waals surface area contributed by atoms with Crippen molar-refractivity contribution in [3.05, 3.63) is 33.9 Å². The highest BCUT2D eigenvalue weighted by molar-refractivity contribution is 6.74. The van der Waals surface area contributed by atoms with Gasteiger partial charge in [0.15, 0.2) is 13.7 Å². The molecule has 0 N–H and O–H groups in total. The third kappa shape index (κ3) is 4.05. The van der Waals surface area contributed by atoms with Crippen LogP contribution in [0.4, 0.5) is 0 Å². The summed E-state index contributed by atoms with van der Waals surface area (Å²) in [6.45, 7) is 12.7. The minimum atomic E-state index is -2.06. The molecule has 0 aromatic heterocycles. The van der Waals surface area contributed by atoms with E-state index in [1.807, 2.05) is 6.07 Å². The summed E-state index contributed by atoms with van der Waals surface area (Å²) in [4.78, 5) is 37.6. The fraction of sp³-hybridized carbons (Fsp3) is 0.640. The highest BCUT2D eigenvalue weighted by atomic mass is 28.4. The summed E-state index contributed by atoms with van der Waals surface area (Å²) in [5.41, 5.74) is 3.73. The van der Waals surface area contributed by atoms with Crippen molar-refractivity contribution in [3.8, 4) is 0 Å². The Morgan fingerprint density at radius 2 is 1.66 bits per heavy atom. The molecule has 0 heterocycles. The van der Waals surface area contributed by atoms with E-state index in [2.05, 4.69) is 33.9 Å². The van der Waals surface area contributed by atoms with Crippen LogP contribution in [0.25, 0.3) is 0 Å². The number of carbonyl (C=O) groups is 3. The maximum Gasteiger partial charge on any atom is 0.323 e. The van der Waals surface area contributed by atoms with Crippen molar-refractivity contribution in [1.29, 1.82) is 0 Å². The molecule has 2 aliphatic carbocycles. The lowest BCUT2D eigenvalue weighted by molar-refractivity contribution is -0.168. The molecule has 0 bridgehead atoms. The second kappa shape index (κ2) is 8.41. The summed E-state index contributed by atoms with van der Waals surface area (Å²) in [5.74, 6) is -1.07. The van der Waals surface area contributed by atoms with Crippen molar-refractivity contribution in [2.24, 2.45) is 5.41 Å². The van der Waals surface area contributed by atoms with Gasteiger partial charge in [-0.05, 0) is 72.1 Å². The predicted molar refractivity (Wildman–Crippen MR) is 124 cm³/mol. The summed E-state index contributed by atoms with van der Waals surface area (Å²) in [6.07, 6.45) is 2.36. The normalized spacial score (nSPS) is 19.3. The molecule has 0 amide bonds. The van der Waals surface area contributed by atoms with Crippen LogP contribution in [-0.2, 0) is 54.0 Å². The molecule has 0 spiro atoms. The summed E-state index contributed by atoms with van der Waals surface area (Å²) in [6, 6.07) is 2.01. The van der Waals surface area contributed by atoms with Gasteiger partial charge in [-0.25, -0.2) is 0 Å². The Balaban J connectivity index is 2.15. The minimum absolute atomic E-state index is 0.0533. The SMILES string of the molecule is COC(=O)C1(C(=O)OC)Cc2cc(CC(C)=O)c3c(c2C1)C(O[Si](C)(C)C(C)(C)C)CC3. The van der Waals surface area contributed by atoms with Crippen molar-refractivity contribution in [3.63, 3.8) is 0 Å². The fourth-order valence-corrected chi connectivity index (χ4v) is 6.21. The molecule has 2 aliphatic rings. The van der Waals surface area contributed by atoms with Crippen LogP contribution in [0.5, 0.6) is 0 Å². The molecule has 0 aliphatic heterocycles. The molecular weight excluding hydrogens is 424 g/mol. The van der Waals surface area contributed by atoms with Crippen LogP contribution in [0.15, 0.2) is 6.07 Å². The van der Waals surface area contributed by atoms with Crippen molar-refractivity contribution in [1.82, 2.24) is 0 Å². The second-order valence-electron chi connectivity index (χ2n) is 10.8. The molecule has 1 unspecified atom stereocenters. The van der Waals surface area contributed by atoms with Crippen molar-refractivity contribution in [2.45, 2.75) is 84.0 Å². The molecule has 176 valence electrons. The van der Waals surface area contributed by atoms with E-state index in [1.165, 1.54) is 14.2 Å². The number of methoxy groups -OCH3 is 2. The van der Waals surface area contributed by atoms with E-state index in [0.717, 1.165) is 40.7 Å². The van der Waals surface area contributed by atoms with Crippen LogP contribution in [0, 0.1) is 5.41 Å². The van der Waals surface area contributed by atoms with Crippen molar-refractivity contribution < 1.29 is 28.3 Å². The van der Waals surface area contributed by atoms with Gasteiger partial charge in [-0.1, -0.05) is 26.8 Å². The quantitative estimate of drug-likeness (QED) is 0.359. The first-order valence-electron chi connectivity index (χ1n) is 11.3. The zero-order chi connectivity index (χ0) is 24.1. The predicted octanol–water partition coefficient (Wildman–Crippen LogP) is 4.26. The first-order valence-corrected chi connectivity index (χ1v) is 14.2. The topological polar surface area (TPSA) is 78.9 Å². The maximum atomic E-state index is 12.8. The zero-order valence-electron chi connectivity index (χ0n) is 20.6. The van der Waals surface area contributed by atoms with Gasteiger partial charge in [-0.3, -0.25) is 14.4 Å². The molecule has 3 rings (SSSR count). The number of benzene rings is 1. The van der Waals surface area contributed by atoms with Crippen LogP contribution in [0.2, 0.25) is 18.1 Å². The van der Waals surface area contributed by atoms with Gasteiger partial charge in [0.1, 0.15) is 5.78 Å². The van der Waals surface area contributed by atoms with Gasteiger partial charge in [0, 0.05) is 12.8 Å². The van der Waals surface area contributed by atoms with Gasteiger partial charge in [0.2, 0.25) is 0 Å². The van der Waals surface area contributed by atoms with Gasteiger partial charge in [-0.2, -0.15) is 0 Å². The lowest BCUT2D eigenvalue weighted by Gasteiger charge is -2.39. The van der Waals surface area contributed by atoms with Gasteiger partial charge in [0.25, 0.3) is 0 Å². The Labute approximate surface area is 192 Å². The molecule has 0 saturated carbocycles. The number of ketones is 1. The van der Waals surface area contributed by atoms with Crippen molar-refractivity contribution in [2.75, 3.05) is 14.2 Å². The van der Waals surface area contributed by atoms with E-state index in [9.17, 15) is 14.4 Å². The number of ether oxygens (including phenoxy) is 2. The molecule has 6 nitrogen and oxygen atoms in total. The minimum Gasteiger partial charge on any atom is -0.468 e. The van der Waals surface area contributed by atoms with E-state index in [4.69, 9.17) is 13.9 Å². The summed E-state index contributed by atoms with van der Waals surface area (Å²) < 4.78 is 16.9. The Bertz CT molecular complexity index is 940. The molecular formula is C25H36O6Si. The Morgan fingerprint density at radius 3 is 2.16 bits per heavy atom. The first-order chi connectivity index (χ1) is 14.8. The third-order valence-corrected chi connectivity index (χ3v) is 12.0. The molecule has 0 radical (unpaired) electrons. The van der Waals surface area contributed by atoms with Crippen LogP contribution >= 0.6 is 0 Å².